The number of aromatic nitrogens is 2. The van der Waals surface area contributed by atoms with Crippen molar-refractivity contribution in [3.63, 3.8) is 0 Å². The smallest absolute Gasteiger partial charge is 0.131 e. The van der Waals surface area contributed by atoms with Gasteiger partial charge in [-0.05, 0) is 44.0 Å². The van der Waals surface area contributed by atoms with E-state index in [1.165, 1.54) is 5.56 Å². The first kappa shape index (κ1) is 14.7. The van der Waals surface area contributed by atoms with E-state index < -0.39 is 0 Å². The van der Waals surface area contributed by atoms with E-state index >= 15 is 0 Å². The van der Waals surface area contributed by atoms with Crippen LogP contribution in [0.5, 0.6) is 0 Å². The predicted octanol–water partition coefficient (Wildman–Crippen LogP) is 2.47. The number of hydrogen-bond acceptors (Lipinski definition) is 3. The van der Waals surface area contributed by atoms with Crippen molar-refractivity contribution in [2.75, 3.05) is 6.54 Å². The highest BCUT2D eigenvalue weighted by Gasteiger charge is 2.11. The zero-order valence-corrected chi connectivity index (χ0v) is 12.4. The number of nitrogens with zero attached hydrogens (tertiary/aromatic N) is 2. The molecular formula is C16H23N3O. The molecule has 1 heterocycles. The lowest BCUT2D eigenvalue weighted by molar-refractivity contribution is -0.117. The van der Waals surface area contributed by atoms with Crippen LogP contribution < -0.4 is 5.73 Å². The normalized spacial score (nSPS) is 11.2. The molecule has 4 heteroatoms. The molecule has 0 radical (unpaired) electrons. The van der Waals surface area contributed by atoms with Crippen molar-refractivity contribution in [3.05, 3.63) is 29.6 Å². The summed E-state index contributed by atoms with van der Waals surface area (Å²) in [6, 6.07) is 6.40. The third kappa shape index (κ3) is 3.25. The number of hydrogen-bond donors (Lipinski definition) is 1. The molecule has 0 spiro atoms. The van der Waals surface area contributed by atoms with Gasteiger partial charge in [0.1, 0.15) is 11.6 Å². The molecule has 20 heavy (non-hydrogen) atoms. The summed E-state index contributed by atoms with van der Waals surface area (Å²) in [5.74, 6) is 1.25. The number of ketones is 1. The minimum atomic E-state index is 0.210. The van der Waals surface area contributed by atoms with Crippen molar-refractivity contribution < 1.29 is 4.79 Å². The van der Waals surface area contributed by atoms with Gasteiger partial charge in [0.15, 0.2) is 0 Å². The van der Waals surface area contributed by atoms with Crippen LogP contribution in [0.1, 0.15) is 38.1 Å². The molecule has 0 atom stereocenters. The van der Waals surface area contributed by atoms with E-state index in [0.717, 1.165) is 36.1 Å². The van der Waals surface area contributed by atoms with Crippen molar-refractivity contribution >= 4 is 16.8 Å². The molecule has 0 bridgehead atoms. The van der Waals surface area contributed by atoms with Gasteiger partial charge in [0.25, 0.3) is 0 Å². The molecule has 2 rings (SSSR count). The van der Waals surface area contributed by atoms with Crippen LogP contribution in [0, 0.1) is 0 Å². The molecule has 1 aromatic heterocycles. The van der Waals surface area contributed by atoms with Gasteiger partial charge in [0.2, 0.25) is 0 Å². The van der Waals surface area contributed by atoms with Crippen molar-refractivity contribution in [1.29, 1.82) is 0 Å². The van der Waals surface area contributed by atoms with Gasteiger partial charge in [-0.2, -0.15) is 0 Å². The first-order chi connectivity index (χ1) is 9.65. The van der Waals surface area contributed by atoms with Gasteiger partial charge in [0, 0.05) is 19.4 Å². The van der Waals surface area contributed by atoms with E-state index in [9.17, 15) is 4.79 Å². The molecule has 0 aliphatic heterocycles. The van der Waals surface area contributed by atoms with Crippen molar-refractivity contribution in [1.82, 2.24) is 9.55 Å². The van der Waals surface area contributed by atoms with Crippen molar-refractivity contribution in [3.8, 4) is 0 Å². The highest BCUT2D eigenvalue weighted by Crippen LogP contribution is 2.20. The van der Waals surface area contributed by atoms with Crippen LogP contribution in [0.25, 0.3) is 11.0 Å². The maximum Gasteiger partial charge on any atom is 0.131 e. The molecule has 2 aromatic rings. The Morgan fingerprint density at radius 2 is 2.20 bits per heavy atom. The lowest BCUT2D eigenvalue weighted by atomic mass is 10.1. The summed E-state index contributed by atoms with van der Waals surface area (Å²) >= 11 is 0. The van der Waals surface area contributed by atoms with Gasteiger partial charge in [-0.15, -0.1) is 0 Å². The maximum atomic E-state index is 11.2. The second-order valence-corrected chi connectivity index (χ2v) is 5.20. The number of Topliss-reactive ketones (excluding diaryl/α,β-unsaturated/α-hetero) is 1. The minimum Gasteiger partial charge on any atom is -0.330 e. The summed E-state index contributed by atoms with van der Waals surface area (Å²) in [7, 11) is 0. The van der Waals surface area contributed by atoms with Gasteiger partial charge in [0.05, 0.1) is 11.0 Å². The van der Waals surface area contributed by atoms with Crippen molar-refractivity contribution in [2.24, 2.45) is 5.73 Å². The lowest BCUT2D eigenvalue weighted by Crippen LogP contribution is -2.09. The van der Waals surface area contributed by atoms with Crippen LogP contribution in [0.15, 0.2) is 18.2 Å². The highest BCUT2D eigenvalue weighted by atomic mass is 16.1. The molecule has 0 saturated heterocycles. The minimum absolute atomic E-state index is 0.210. The second kappa shape index (κ2) is 6.66. The zero-order chi connectivity index (χ0) is 14.5. The summed E-state index contributed by atoms with van der Waals surface area (Å²) in [6.07, 6.45) is 3.35. The summed E-state index contributed by atoms with van der Waals surface area (Å²) in [4.78, 5) is 16.0. The Bertz CT molecular complexity index is 601. The summed E-state index contributed by atoms with van der Waals surface area (Å²) in [5, 5.41) is 0. The number of carbonyl (C=O) groups is 1. The van der Waals surface area contributed by atoms with Gasteiger partial charge in [-0.1, -0.05) is 13.0 Å². The molecule has 0 amide bonds. The first-order valence-corrected chi connectivity index (χ1v) is 7.33. The van der Waals surface area contributed by atoms with Crippen LogP contribution in [0.2, 0.25) is 0 Å². The third-order valence-corrected chi connectivity index (χ3v) is 3.59. The lowest BCUT2D eigenvalue weighted by Gasteiger charge is -2.08. The Morgan fingerprint density at radius 1 is 1.40 bits per heavy atom. The molecule has 0 fully saturated rings. The van der Waals surface area contributed by atoms with E-state index in [4.69, 9.17) is 10.7 Å². The number of nitrogens with two attached hydrogens (primary N) is 1. The van der Waals surface area contributed by atoms with Crippen LogP contribution in [0.4, 0.5) is 0 Å². The number of aryl methyl sites for hydroxylation is 3. The monoisotopic (exact) mass is 273 g/mol. The fraction of sp³-hybridized carbons (Fsp3) is 0.500. The molecule has 0 saturated carbocycles. The van der Waals surface area contributed by atoms with Crippen LogP contribution >= 0.6 is 0 Å². The van der Waals surface area contributed by atoms with Gasteiger partial charge in [-0.25, -0.2) is 4.98 Å². The fourth-order valence-corrected chi connectivity index (χ4v) is 2.41. The van der Waals surface area contributed by atoms with Gasteiger partial charge >= 0.3 is 0 Å². The highest BCUT2D eigenvalue weighted by molar-refractivity contribution is 5.78. The van der Waals surface area contributed by atoms with Crippen LogP contribution in [-0.4, -0.2) is 21.9 Å². The summed E-state index contributed by atoms with van der Waals surface area (Å²) in [5.41, 5.74) is 9.04. The molecule has 0 aliphatic rings. The van der Waals surface area contributed by atoms with E-state index in [-0.39, 0.29) is 5.78 Å². The zero-order valence-electron chi connectivity index (χ0n) is 12.4. The second-order valence-electron chi connectivity index (χ2n) is 5.20. The van der Waals surface area contributed by atoms with E-state index in [1.54, 1.807) is 6.92 Å². The number of carbonyl (C=O) groups excluding carboxylic acids is 1. The average molecular weight is 273 g/mol. The molecule has 108 valence electrons. The molecule has 0 aliphatic carbocycles. The van der Waals surface area contributed by atoms with E-state index in [0.29, 0.717) is 19.5 Å². The Kier molecular flexibility index (Phi) is 4.90. The van der Waals surface area contributed by atoms with Crippen molar-refractivity contribution in [2.45, 2.75) is 46.1 Å². The average Bonchev–Trinajstić information content (AvgIpc) is 2.79. The van der Waals surface area contributed by atoms with Gasteiger partial charge in [-0.3, -0.25) is 4.79 Å². The summed E-state index contributed by atoms with van der Waals surface area (Å²) < 4.78 is 2.17. The van der Waals surface area contributed by atoms with Crippen LogP contribution in [-0.2, 0) is 24.2 Å². The number of rotatable bonds is 7. The van der Waals surface area contributed by atoms with Gasteiger partial charge < -0.3 is 10.3 Å². The Hall–Kier alpha value is -1.68. The topological polar surface area (TPSA) is 60.9 Å². The SMILES string of the molecule is CCc1ccc2c(c1)nc(CCCN)n2CCC(C)=O. The largest absolute Gasteiger partial charge is 0.330 e. The Labute approximate surface area is 120 Å². The number of benzene rings is 1. The van der Waals surface area contributed by atoms with E-state index in [2.05, 4.69) is 29.7 Å². The fourth-order valence-electron chi connectivity index (χ4n) is 2.41. The Morgan fingerprint density at radius 3 is 2.85 bits per heavy atom. The maximum absolute atomic E-state index is 11.2. The number of fused-ring (bicyclic) bond motifs is 1. The molecule has 2 N–H and O–H groups in total. The first-order valence-electron chi connectivity index (χ1n) is 7.33. The standard InChI is InChI=1S/C16H23N3O/c1-3-13-6-7-15-14(11-13)18-16(5-4-9-17)19(15)10-8-12(2)20/h6-7,11H,3-5,8-10,17H2,1-2H3. The molecule has 4 nitrogen and oxygen atoms in total. The predicted molar refractivity (Wildman–Crippen MR) is 81.8 cm³/mol. The third-order valence-electron chi connectivity index (χ3n) is 3.59. The quantitative estimate of drug-likeness (QED) is 0.843. The van der Waals surface area contributed by atoms with E-state index in [1.807, 2.05) is 0 Å². The molecular weight excluding hydrogens is 250 g/mol. The molecule has 0 unspecified atom stereocenters. The summed E-state index contributed by atoms with van der Waals surface area (Å²) in [6.45, 7) is 5.14. The Balaban J connectivity index is 2.39. The number of imidazole rings is 1. The molecule has 1 aromatic carbocycles. The van der Waals surface area contributed by atoms with Crippen LogP contribution in [0.3, 0.4) is 0 Å².